The maximum Gasteiger partial charge on any atom is 0.230 e. The maximum atomic E-state index is 11.8. The van der Waals surface area contributed by atoms with Gasteiger partial charge in [-0.2, -0.15) is 0 Å². The van der Waals surface area contributed by atoms with Gasteiger partial charge in [0.1, 0.15) is 0 Å². The second-order valence-electron chi connectivity index (χ2n) is 5.25. The molecule has 1 saturated carbocycles. The van der Waals surface area contributed by atoms with E-state index in [9.17, 15) is 4.79 Å². The molecule has 0 aliphatic heterocycles. The van der Waals surface area contributed by atoms with Crippen molar-refractivity contribution >= 4 is 17.7 Å². The van der Waals surface area contributed by atoms with E-state index in [0.717, 1.165) is 5.92 Å². The third-order valence-corrected chi connectivity index (χ3v) is 4.58. The van der Waals surface area contributed by atoms with Crippen molar-refractivity contribution in [2.75, 3.05) is 5.75 Å². The Hall–Kier alpha value is -0.960. The van der Waals surface area contributed by atoms with Crippen LogP contribution in [-0.2, 0) is 4.79 Å². The van der Waals surface area contributed by atoms with Crippen molar-refractivity contribution in [3.63, 3.8) is 0 Å². The van der Waals surface area contributed by atoms with Crippen molar-refractivity contribution in [2.24, 2.45) is 5.92 Å². The molecule has 1 fully saturated rings. The number of carbonyl (C=O) groups excluding carboxylic acids is 1. The highest BCUT2D eigenvalue weighted by molar-refractivity contribution is 8.00. The molecule has 2 rings (SSSR count). The molecule has 2 nitrogen and oxygen atoms in total. The third-order valence-electron chi connectivity index (χ3n) is 3.41. The first kappa shape index (κ1) is 13.5. The maximum absolute atomic E-state index is 11.8. The molecule has 1 aromatic rings. The summed E-state index contributed by atoms with van der Waals surface area (Å²) in [6.07, 6.45) is 2.54. The first-order valence-corrected chi connectivity index (χ1v) is 7.54. The molecule has 1 N–H and O–H groups in total. The average molecular weight is 263 g/mol. The van der Waals surface area contributed by atoms with E-state index >= 15 is 0 Å². The number of rotatable bonds is 5. The minimum absolute atomic E-state index is 0.152. The smallest absolute Gasteiger partial charge is 0.230 e. The van der Waals surface area contributed by atoms with E-state index in [2.05, 4.69) is 44.3 Å². The van der Waals surface area contributed by atoms with Crippen LogP contribution in [0, 0.1) is 19.8 Å². The molecule has 98 valence electrons. The van der Waals surface area contributed by atoms with Crippen molar-refractivity contribution in [3.8, 4) is 0 Å². The largest absolute Gasteiger partial charge is 0.353 e. The Kier molecular flexibility index (Phi) is 4.33. The lowest BCUT2D eigenvalue weighted by molar-refractivity contribution is -0.119. The molecule has 0 aromatic heterocycles. The first-order chi connectivity index (χ1) is 8.56. The summed E-state index contributed by atoms with van der Waals surface area (Å²) < 4.78 is 0. The van der Waals surface area contributed by atoms with E-state index in [4.69, 9.17) is 0 Å². The first-order valence-electron chi connectivity index (χ1n) is 6.55. The summed E-state index contributed by atoms with van der Waals surface area (Å²) in [6.45, 7) is 6.29. The number of nitrogens with one attached hydrogen (secondary N) is 1. The number of benzene rings is 1. The molecule has 1 atom stereocenters. The highest BCUT2D eigenvalue weighted by Gasteiger charge is 2.28. The van der Waals surface area contributed by atoms with Gasteiger partial charge in [0.15, 0.2) is 0 Å². The minimum atomic E-state index is 0.152. The molecule has 1 aromatic carbocycles. The Morgan fingerprint density at radius 1 is 1.44 bits per heavy atom. The zero-order valence-electron chi connectivity index (χ0n) is 11.3. The quantitative estimate of drug-likeness (QED) is 0.826. The van der Waals surface area contributed by atoms with Gasteiger partial charge < -0.3 is 5.32 Å². The van der Waals surface area contributed by atoms with Crippen LogP contribution in [0.25, 0.3) is 0 Å². The summed E-state index contributed by atoms with van der Waals surface area (Å²) in [5, 5.41) is 3.08. The molecule has 0 heterocycles. The third kappa shape index (κ3) is 3.77. The van der Waals surface area contributed by atoms with Crippen LogP contribution in [0.5, 0.6) is 0 Å². The van der Waals surface area contributed by atoms with Crippen LogP contribution in [0.15, 0.2) is 23.1 Å². The van der Waals surface area contributed by atoms with Gasteiger partial charge in [-0.1, -0.05) is 17.7 Å². The fraction of sp³-hybridized carbons (Fsp3) is 0.533. The minimum Gasteiger partial charge on any atom is -0.353 e. The Morgan fingerprint density at radius 3 is 2.78 bits per heavy atom. The van der Waals surface area contributed by atoms with Gasteiger partial charge in [-0.3, -0.25) is 4.79 Å². The van der Waals surface area contributed by atoms with E-state index in [1.54, 1.807) is 11.8 Å². The monoisotopic (exact) mass is 263 g/mol. The lowest BCUT2D eigenvalue weighted by Crippen LogP contribution is -2.35. The Labute approximate surface area is 114 Å². The van der Waals surface area contributed by atoms with Crippen LogP contribution in [0.4, 0.5) is 0 Å². The van der Waals surface area contributed by atoms with Gasteiger partial charge in [-0.15, -0.1) is 11.8 Å². The SMILES string of the molecule is Cc1ccc(SCC(=O)NC(C)C2CC2)c(C)c1. The number of amides is 1. The molecule has 3 heteroatoms. The van der Waals surface area contributed by atoms with Crippen LogP contribution >= 0.6 is 11.8 Å². The van der Waals surface area contributed by atoms with Crippen LogP contribution in [-0.4, -0.2) is 17.7 Å². The lowest BCUT2D eigenvalue weighted by Gasteiger charge is -2.13. The zero-order valence-corrected chi connectivity index (χ0v) is 12.1. The van der Waals surface area contributed by atoms with E-state index in [1.807, 2.05) is 0 Å². The lowest BCUT2D eigenvalue weighted by atomic mass is 10.2. The topological polar surface area (TPSA) is 29.1 Å². The van der Waals surface area contributed by atoms with Gasteiger partial charge in [-0.25, -0.2) is 0 Å². The molecule has 0 spiro atoms. The highest BCUT2D eigenvalue weighted by atomic mass is 32.2. The summed E-state index contributed by atoms with van der Waals surface area (Å²) in [6, 6.07) is 6.71. The fourth-order valence-corrected chi connectivity index (χ4v) is 2.94. The van der Waals surface area contributed by atoms with E-state index in [1.165, 1.54) is 28.9 Å². The normalized spacial score (nSPS) is 16.4. The number of hydrogen-bond acceptors (Lipinski definition) is 2. The van der Waals surface area contributed by atoms with Gasteiger partial charge in [0, 0.05) is 10.9 Å². The molecule has 18 heavy (non-hydrogen) atoms. The van der Waals surface area contributed by atoms with Crippen molar-refractivity contribution < 1.29 is 4.79 Å². The second kappa shape index (κ2) is 5.79. The highest BCUT2D eigenvalue weighted by Crippen LogP contribution is 2.32. The summed E-state index contributed by atoms with van der Waals surface area (Å²) in [7, 11) is 0. The molecule has 1 aliphatic rings. The van der Waals surface area contributed by atoms with Crippen LogP contribution in [0.3, 0.4) is 0 Å². The van der Waals surface area contributed by atoms with Gasteiger partial charge in [-0.05, 0) is 51.2 Å². The summed E-state index contributed by atoms with van der Waals surface area (Å²) in [5.74, 6) is 1.39. The standard InChI is InChI=1S/C15H21NOS/c1-10-4-7-14(11(2)8-10)18-9-15(17)16-12(3)13-5-6-13/h4,7-8,12-13H,5-6,9H2,1-3H3,(H,16,17). The Balaban J connectivity index is 1.81. The Bertz CT molecular complexity index is 440. The second-order valence-corrected chi connectivity index (χ2v) is 6.27. The predicted molar refractivity (Wildman–Crippen MR) is 77.0 cm³/mol. The van der Waals surface area contributed by atoms with Gasteiger partial charge in [0.05, 0.1) is 5.75 Å². The number of thioether (sulfide) groups is 1. The molecular formula is C15H21NOS. The molecule has 0 bridgehead atoms. The molecule has 0 radical (unpaired) electrons. The molecule has 1 amide bonds. The van der Waals surface area contributed by atoms with E-state index in [-0.39, 0.29) is 5.91 Å². The van der Waals surface area contributed by atoms with Crippen LogP contribution in [0.1, 0.15) is 30.9 Å². The molecule has 0 saturated heterocycles. The van der Waals surface area contributed by atoms with Gasteiger partial charge in [0.2, 0.25) is 5.91 Å². The number of aryl methyl sites for hydroxylation is 2. The summed E-state index contributed by atoms with van der Waals surface area (Å²) >= 11 is 1.63. The molecular weight excluding hydrogens is 242 g/mol. The van der Waals surface area contributed by atoms with Crippen molar-refractivity contribution in [2.45, 2.75) is 44.6 Å². The van der Waals surface area contributed by atoms with Crippen LogP contribution < -0.4 is 5.32 Å². The molecule has 1 unspecified atom stereocenters. The summed E-state index contributed by atoms with van der Waals surface area (Å²) in [4.78, 5) is 13.0. The number of carbonyl (C=O) groups is 1. The fourth-order valence-electron chi connectivity index (χ4n) is 2.11. The van der Waals surface area contributed by atoms with Gasteiger partial charge >= 0.3 is 0 Å². The van der Waals surface area contributed by atoms with E-state index < -0.39 is 0 Å². The van der Waals surface area contributed by atoms with E-state index in [0.29, 0.717) is 11.8 Å². The Morgan fingerprint density at radius 2 is 2.17 bits per heavy atom. The number of hydrogen-bond donors (Lipinski definition) is 1. The molecule has 1 aliphatic carbocycles. The predicted octanol–water partition coefficient (Wildman–Crippen LogP) is 3.31. The van der Waals surface area contributed by atoms with Crippen LogP contribution in [0.2, 0.25) is 0 Å². The average Bonchev–Trinajstić information content (AvgIpc) is 3.11. The summed E-state index contributed by atoms with van der Waals surface area (Å²) in [5.41, 5.74) is 2.52. The van der Waals surface area contributed by atoms with Crippen molar-refractivity contribution in [1.82, 2.24) is 5.32 Å². The van der Waals surface area contributed by atoms with Crippen molar-refractivity contribution in [1.29, 1.82) is 0 Å². The zero-order chi connectivity index (χ0) is 13.1. The van der Waals surface area contributed by atoms with Gasteiger partial charge in [0.25, 0.3) is 0 Å². The van der Waals surface area contributed by atoms with Crippen molar-refractivity contribution in [3.05, 3.63) is 29.3 Å².